The lowest BCUT2D eigenvalue weighted by molar-refractivity contribution is 0.0667. The molecule has 120 valence electrons. The third-order valence-electron chi connectivity index (χ3n) is 4.82. The molecular weight excluding hydrogens is 280 g/mol. The van der Waals surface area contributed by atoms with E-state index < -0.39 is 0 Å². The van der Waals surface area contributed by atoms with Crippen LogP contribution in [0, 0.1) is 5.92 Å². The number of likely N-dealkylation sites (tertiary alicyclic amines) is 1. The molecule has 2 aliphatic heterocycles. The van der Waals surface area contributed by atoms with Gasteiger partial charge in [0.1, 0.15) is 0 Å². The molecule has 2 saturated heterocycles. The number of carbonyl (C=O) groups excluding carboxylic acids is 1. The highest BCUT2D eigenvalue weighted by molar-refractivity contribution is 5.98. The van der Waals surface area contributed by atoms with Gasteiger partial charge in [-0.2, -0.15) is 0 Å². The molecule has 5 heteroatoms. The highest BCUT2D eigenvalue weighted by Crippen LogP contribution is 2.34. The molecule has 0 bridgehead atoms. The van der Waals surface area contributed by atoms with Crippen LogP contribution < -0.4 is 14.8 Å². The molecule has 2 aliphatic rings. The van der Waals surface area contributed by atoms with Crippen LogP contribution in [0.25, 0.3) is 0 Å². The second kappa shape index (κ2) is 6.57. The summed E-state index contributed by atoms with van der Waals surface area (Å²) in [7, 11) is 3.17. The zero-order chi connectivity index (χ0) is 15.5. The highest BCUT2D eigenvalue weighted by Gasteiger charge is 2.37. The quantitative estimate of drug-likeness (QED) is 0.927. The van der Waals surface area contributed by atoms with Crippen molar-refractivity contribution in [1.82, 2.24) is 10.2 Å². The smallest absolute Gasteiger partial charge is 0.258 e. The summed E-state index contributed by atoms with van der Waals surface area (Å²) >= 11 is 0. The second-order valence-corrected chi connectivity index (χ2v) is 6.02. The fourth-order valence-electron chi connectivity index (χ4n) is 3.70. The number of fused-ring (bicyclic) bond motifs is 1. The summed E-state index contributed by atoms with van der Waals surface area (Å²) in [5.41, 5.74) is 0.592. The van der Waals surface area contributed by atoms with Crippen molar-refractivity contribution in [3.05, 3.63) is 23.8 Å². The molecule has 1 N–H and O–H groups in total. The first kappa shape index (κ1) is 15.2. The molecule has 3 rings (SSSR count). The van der Waals surface area contributed by atoms with E-state index in [1.165, 1.54) is 12.8 Å². The zero-order valence-electron chi connectivity index (χ0n) is 13.3. The Kier molecular flexibility index (Phi) is 4.52. The van der Waals surface area contributed by atoms with Crippen molar-refractivity contribution in [2.75, 3.05) is 33.9 Å². The molecule has 0 aromatic heterocycles. The van der Waals surface area contributed by atoms with Gasteiger partial charge in [-0.05, 0) is 30.9 Å². The zero-order valence-corrected chi connectivity index (χ0v) is 13.3. The standard InChI is InChI=1S/C17H24N2O3/c1-21-15-8-5-7-13(16(15)22-2)17(20)19-9-4-3-6-12-10-18-11-14(12)19/h5,7-8,12,14,18H,3-4,6,9-11H2,1-2H3. The van der Waals surface area contributed by atoms with Crippen LogP contribution in [0.4, 0.5) is 0 Å². The van der Waals surface area contributed by atoms with Crippen LogP contribution in [0.2, 0.25) is 0 Å². The lowest BCUT2D eigenvalue weighted by Gasteiger charge is -2.30. The van der Waals surface area contributed by atoms with E-state index in [4.69, 9.17) is 9.47 Å². The van der Waals surface area contributed by atoms with E-state index in [2.05, 4.69) is 5.32 Å². The monoisotopic (exact) mass is 304 g/mol. The molecule has 2 atom stereocenters. The fourth-order valence-corrected chi connectivity index (χ4v) is 3.70. The Balaban J connectivity index is 1.92. The lowest BCUT2D eigenvalue weighted by atomic mass is 9.98. The molecule has 1 aromatic rings. The summed E-state index contributed by atoms with van der Waals surface area (Å²) < 4.78 is 10.8. The van der Waals surface area contributed by atoms with Gasteiger partial charge in [0.25, 0.3) is 5.91 Å². The SMILES string of the molecule is COc1cccc(C(=O)N2CCCCC3CNCC32)c1OC. The Labute approximate surface area is 131 Å². The number of amides is 1. The highest BCUT2D eigenvalue weighted by atomic mass is 16.5. The molecule has 5 nitrogen and oxygen atoms in total. The minimum atomic E-state index is 0.0522. The molecule has 0 radical (unpaired) electrons. The van der Waals surface area contributed by atoms with Crippen molar-refractivity contribution in [1.29, 1.82) is 0 Å². The van der Waals surface area contributed by atoms with Crippen LogP contribution in [-0.4, -0.2) is 50.7 Å². The normalized spacial score (nSPS) is 24.5. The van der Waals surface area contributed by atoms with Crippen molar-refractivity contribution in [3.8, 4) is 11.5 Å². The Morgan fingerprint density at radius 1 is 1.23 bits per heavy atom. The van der Waals surface area contributed by atoms with E-state index in [9.17, 15) is 4.79 Å². The van der Waals surface area contributed by atoms with Crippen molar-refractivity contribution >= 4 is 5.91 Å². The van der Waals surface area contributed by atoms with E-state index in [-0.39, 0.29) is 5.91 Å². The van der Waals surface area contributed by atoms with Gasteiger partial charge in [-0.1, -0.05) is 12.5 Å². The van der Waals surface area contributed by atoms with Gasteiger partial charge < -0.3 is 19.7 Å². The molecular formula is C17H24N2O3. The molecule has 2 unspecified atom stereocenters. The second-order valence-electron chi connectivity index (χ2n) is 6.02. The first-order valence-electron chi connectivity index (χ1n) is 7.99. The Morgan fingerprint density at radius 2 is 2.09 bits per heavy atom. The van der Waals surface area contributed by atoms with Crippen molar-refractivity contribution in [2.24, 2.45) is 5.92 Å². The van der Waals surface area contributed by atoms with Gasteiger partial charge in [0.15, 0.2) is 11.5 Å². The number of nitrogens with zero attached hydrogens (tertiary/aromatic N) is 1. The van der Waals surface area contributed by atoms with E-state index in [0.29, 0.717) is 29.0 Å². The van der Waals surface area contributed by atoms with Crippen LogP contribution in [0.3, 0.4) is 0 Å². The maximum Gasteiger partial charge on any atom is 0.258 e. The summed E-state index contributed by atoms with van der Waals surface area (Å²) in [4.78, 5) is 15.1. The summed E-state index contributed by atoms with van der Waals surface area (Å²) in [6, 6.07) is 5.78. The number of nitrogens with one attached hydrogen (secondary N) is 1. The van der Waals surface area contributed by atoms with Gasteiger partial charge in [0.05, 0.1) is 19.8 Å². The summed E-state index contributed by atoms with van der Waals surface area (Å²) in [6.07, 6.45) is 3.48. The lowest BCUT2D eigenvalue weighted by Crippen LogP contribution is -2.44. The number of methoxy groups -OCH3 is 2. The number of rotatable bonds is 3. The number of hydrogen-bond acceptors (Lipinski definition) is 4. The molecule has 2 fully saturated rings. The van der Waals surface area contributed by atoms with Crippen LogP contribution in [0.1, 0.15) is 29.6 Å². The van der Waals surface area contributed by atoms with E-state index >= 15 is 0 Å². The van der Waals surface area contributed by atoms with Crippen LogP contribution in [-0.2, 0) is 0 Å². The molecule has 0 spiro atoms. The topological polar surface area (TPSA) is 50.8 Å². The minimum Gasteiger partial charge on any atom is -0.493 e. The van der Waals surface area contributed by atoms with Crippen LogP contribution in [0.5, 0.6) is 11.5 Å². The van der Waals surface area contributed by atoms with E-state index in [1.54, 1.807) is 14.2 Å². The average molecular weight is 304 g/mol. The average Bonchev–Trinajstić information content (AvgIpc) is 2.92. The molecule has 1 amide bonds. The predicted octanol–water partition coefficient (Wildman–Crippen LogP) is 1.92. The van der Waals surface area contributed by atoms with Gasteiger partial charge in [-0.25, -0.2) is 0 Å². The number of hydrogen-bond donors (Lipinski definition) is 1. The molecule has 0 aliphatic carbocycles. The Hall–Kier alpha value is -1.75. The number of ether oxygens (including phenoxy) is 2. The van der Waals surface area contributed by atoms with Gasteiger partial charge in [0, 0.05) is 25.7 Å². The van der Waals surface area contributed by atoms with Gasteiger partial charge in [-0.3, -0.25) is 4.79 Å². The van der Waals surface area contributed by atoms with E-state index in [0.717, 1.165) is 26.1 Å². The number of benzene rings is 1. The maximum absolute atomic E-state index is 13.1. The van der Waals surface area contributed by atoms with Gasteiger partial charge >= 0.3 is 0 Å². The predicted molar refractivity (Wildman–Crippen MR) is 84.6 cm³/mol. The van der Waals surface area contributed by atoms with Crippen LogP contribution >= 0.6 is 0 Å². The summed E-state index contributed by atoms with van der Waals surface area (Å²) in [5.74, 6) is 1.76. The Morgan fingerprint density at radius 3 is 2.86 bits per heavy atom. The number of carbonyl (C=O) groups is 1. The third kappa shape index (κ3) is 2.65. The van der Waals surface area contributed by atoms with E-state index in [1.807, 2.05) is 23.1 Å². The largest absolute Gasteiger partial charge is 0.493 e. The fraction of sp³-hybridized carbons (Fsp3) is 0.588. The summed E-state index contributed by atoms with van der Waals surface area (Å²) in [6.45, 7) is 2.73. The Bertz CT molecular complexity index is 547. The van der Waals surface area contributed by atoms with Crippen molar-refractivity contribution in [2.45, 2.75) is 25.3 Å². The minimum absolute atomic E-state index is 0.0522. The maximum atomic E-state index is 13.1. The van der Waals surface area contributed by atoms with Crippen LogP contribution in [0.15, 0.2) is 18.2 Å². The third-order valence-corrected chi connectivity index (χ3v) is 4.82. The molecule has 1 aromatic carbocycles. The van der Waals surface area contributed by atoms with Gasteiger partial charge in [-0.15, -0.1) is 0 Å². The van der Waals surface area contributed by atoms with Crippen molar-refractivity contribution in [3.63, 3.8) is 0 Å². The first-order chi connectivity index (χ1) is 10.8. The molecule has 0 saturated carbocycles. The van der Waals surface area contributed by atoms with Gasteiger partial charge in [0.2, 0.25) is 0 Å². The molecule has 22 heavy (non-hydrogen) atoms. The summed E-state index contributed by atoms with van der Waals surface area (Å²) in [5, 5.41) is 3.43. The first-order valence-corrected chi connectivity index (χ1v) is 7.99. The van der Waals surface area contributed by atoms with Crippen molar-refractivity contribution < 1.29 is 14.3 Å². The molecule has 2 heterocycles. The number of para-hydroxylation sites is 1.